The van der Waals surface area contributed by atoms with E-state index >= 15 is 0 Å². The number of alkyl halides is 2. The van der Waals surface area contributed by atoms with Gasteiger partial charge in [-0.2, -0.15) is 0 Å². The number of rotatable bonds is 6. The smallest absolute Gasteiger partial charge is 0.261 e. The summed E-state index contributed by atoms with van der Waals surface area (Å²) in [6.45, 7) is 3.47. The number of benzene rings is 1. The van der Waals surface area contributed by atoms with Crippen LogP contribution in [-0.4, -0.2) is 24.7 Å². The number of hydrogen-bond acceptors (Lipinski definition) is 2. The molecule has 0 aliphatic heterocycles. The van der Waals surface area contributed by atoms with E-state index in [1.807, 2.05) is 32.0 Å². The van der Waals surface area contributed by atoms with E-state index in [2.05, 4.69) is 0 Å². The Labute approximate surface area is 100 Å². The van der Waals surface area contributed by atoms with E-state index in [1.165, 1.54) is 0 Å². The summed E-state index contributed by atoms with van der Waals surface area (Å²) in [5.74, 6) is 0. The van der Waals surface area contributed by atoms with Crippen molar-refractivity contribution < 1.29 is 18.6 Å². The van der Waals surface area contributed by atoms with Crippen LogP contribution in [0.1, 0.15) is 29.2 Å². The van der Waals surface area contributed by atoms with Crippen LogP contribution >= 0.6 is 0 Å². The van der Waals surface area contributed by atoms with Crippen LogP contribution < -0.4 is 0 Å². The average Bonchev–Trinajstić information content (AvgIpc) is 2.23. The lowest BCUT2D eigenvalue weighted by Crippen LogP contribution is -2.09. The van der Waals surface area contributed by atoms with Gasteiger partial charge < -0.3 is 9.84 Å². The van der Waals surface area contributed by atoms with E-state index in [4.69, 9.17) is 4.74 Å². The molecule has 0 aromatic heterocycles. The minimum absolute atomic E-state index is 0.138. The Hall–Kier alpha value is -1.00. The van der Waals surface area contributed by atoms with Crippen molar-refractivity contribution in [1.82, 2.24) is 0 Å². The first-order valence-corrected chi connectivity index (χ1v) is 5.62. The standard InChI is InChI=1S/C13H18F2O2/c1-9-3-4-11(10(2)7-9)12(16)5-6-17-8-13(14)15/h3-4,7,12-13,16H,5-6,8H2,1-2H3. The topological polar surface area (TPSA) is 29.5 Å². The highest BCUT2D eigenvalue weighted by atomic mass is 19.3. The monoisotopic (exact) mass is 244 g/mol. The van der Waals surface area contributed by atoms with Crippen LogP contribution in [-0.2, 0) is 4.74 Å². The van der Waals surface area contributed by atoms with Crippen molar-refractivity contribution in [3.05, 3.63) is 34.9 Å². The zero-order chi connectivity index (χ0) is 12.8. The molecule has 1 N–H and O–H groups in total. The van der Waals surface area contributed by atoms with Crippen molar-refractivity contribution in [2.24, 2.45) is 0 Å². The van der Waals surface area contributed by atoms with Gasteiger partial charge in [0.2, 0.25) is 0 Å². The molecule has 0 saturated carbocycles. The predicted octanol–water partition coefficient (Wildman–Crippen LogP) is 3.01. The van der Waals surface area contributed by atoms with E-state index < -0.39 is 19.1 Å². The molecule has 0 bridgehead atoms. The third-order valence-corrected chi connectivity index (χ3v) is 2.56. The maximum absolute atomic E-state index is 11.8. The van der Waals surface area contributed by atoms with Gasteiger partial charge in [0.05, 0.1) is 6.10 Å². The second kappa shape index (κ2) is 6.67. The zero-order valence-corrected chi connectivity index (χ0v) is 10.1. The Morgan fingerprint density at radius 3 is 2.59 bits per heavy atom. The summed E-state index contributed by atoms with van der Waals surface area (Å²) < 4.78 is 28.3. The Kier molecular flexibility index (Phi) is 5.51. The Balaban J connectivity index is 2.44. The summed E-state index contributed by atoms with van der Waals surface area (Å²) in [4.78, 5) is 0. The van der Waals surface area contributed by atoms with Gasteiger partial charge in [0.25, 0.3) is 6.43 Å². The molecule has 0 aliphatic carbocycles. The fraction of sp³-hybridized carbons (Fsp3) is 0.538. The van der Waals surface area contributed by atoms with E-state index in [0.717, 1.165) is 16.7 Å². The van der Waals surface area contributed by atoms with E-state index in [9.17, 15) is 13.9 Å². The van der Waals surface area contributed by atoms with Gasteiger partial charge in [-0.05, 0) is 25.0 Å². The van der Waals surface area contributed by atoms with Gasteiger partial charge in [0, 0.05) is 13.0 Å². The first-order chi connectivity index (χ1) is 8.00. The van der Waals surface area contributed by atoms with Crippen LogP contribution in [0, 0.1) is 13.8 Å². The van der Waals surface area contributed by atoms with Crippen molar-refractivity contribution in [1.29, 1.82) is 0 Å². The molecule has 0 saturated heterocycles. The highest BCUT2D eigenvalue weighted by Crippen LogP contribution is 2.21. The summed E-state index contributed by atoms with van der Waals surface area (Å²) in [5, 5.41) is 9.89. The van der Waals surface area contributed by atoms with Gasteiger partial charge in [0.1, 0.15) is 6.61 Å². The maximum Gasteiger partial charge on any atom is 0.261 e. The van der Waals surface area contributed by atoms with Gasteiger partial charge in [-0.15, -0.1) is 0 Å². The molecular formula is C13H18F2O2. The molecule has 0 radical (unpaired) electrons. The molecule has 1 rings (SSSR count). The molecule has 2 nitrogen and oxygen atoms in total. The number of ether oxygens (including phenoxy) is 1. The molecule has 96 valence electrons. The summed E-state index contributed by atoms with van der Waals surface area (Å²) in [7, 11) is 0. The van der Waals surface area contributed by atoms with Gasteiger partial charge >= 0.3 is 0 Å². The minimum atomic E-state index is -2.45. The van der Waals surface area contributed by atoms with Crippen LogP contribution in [0.4, 0.5) is 8.78 Å². The molecule has 0 spiro atoms. The summed E-state index contributed by atoms with van der Waals surface area (Å²) in [6, 6.07) is 5.77. The fourth-order valence-electron chi connectivity index (χ4n) is 1.72. The number of aryl methyl sites for hydroxylation is 2. The molecule has 0 amide bonds. The van der Waals surface area contributed by atoms with E-state index in [0.29, 0.717) is 6.42 Å². The van der Waals surface area contributed by atoms with Crippen LogP contribution in [0.15, 0.2) is 18.2 Å². The van der Waals surface area contributed by atoms with Crippen molar-refractivity contribution in [3.8, 4) is 0 Å². The van der Waals surface area contributed by atoms with Crippen LogP contribution in [0.25, 0.3) is 0 Å². The molecule has 1 atom stereocenters. The van der Waals surface area contributed by atoms with Crippen LogP contribution in [0.3, 0.4) is 0 Å². The highest BCUT2D eigenvalue weighted by Gasteiger charge is 2.11. The quantitative estimate of drug-likeness (QED) is 0.779. The lowest BCUT2D eigenvalue weighted by molar-refractivity contribution is 0.00475. The lowest BCUT2D eigenvalue weighted by Gasteiger charge is -2.14. The normalized spacial score (nSPS) is 13.1. The van der Waals surface area contributed by atoms with Gasteiger partial charge in [-0.1, -0.05) is 23.8 Å². The molecule has 1 aromatic rings. The number of halogens is 2. The second-order valence-corrected chi connectivity index (χ2v) is 4.13. The third kappa shape index (κ3) is 4.79. The third-order valence-electron chi connectivity index (χ3n) is 2.56. The molecular weight excluding hydrogens is 226 g/mol. The van der Waals surface area contributed by atoms with Crippen LogP contribution in [0.5, 0.6) is 0 Å². The number of aliphatic hydroxyl groups excluding tert-OH is 1. The van der Waals surface area contributed by atoms with Gasteiger partial charge in [-0.3, -0.25) is 0 Å². The first kappa shape index (κ1) is 14.1. The maximum atomic E-state index is 11.8. The second-order valence-electron chi connectivity index (χ2n) is 4.13. The highest BCUT2D eigenvalue weighted by molar-refractivity contribution is 5.31. The largest absolute Gasteiger partial charge is 0.388 e. The Bertz CT molecular complexity index is 353. The molecule has 0 aliphatic rings. The molecule has 4 heteroatoms. The predicted molar refractivity (Wildman–Crippen MR) is 62.3 cm³/mol. The van der Waals surface area contributed by atoms with Crippen molar-refractivity contribution in [2.75, 3.05) is 13.2 Å². The van der Waals surface area contributed by atoms with Crippen LogP contribution in [0.2, 0.25) is 0 Å². The Morgan fingerprint density at radius 2 is 2.00 bits per heavy atom. The first-order valence-electron chi connectivity index (χ1n) is 5.62. The molecule has 17 heavy (non-hydrogen) atoms. The SMILES string of the molecule is Cc1ccc(C(O)CCOCC(F)F)c(C)c1. The van der Waals surface area contributed by atoms with Crippen molar-refractivity contribution in [3.63, 3.8) is 0 Å². The summed E-state index contributed by atoms with van der Waals surface area (Å²) in [6.07, 6.45) is -2.78. The molecule has 1 unspecified atom stereocenters. The minimum Gasteiger partial charge on any atom is -0.388 e. The summed E-state index contributed by atoms with van der Waals surface area (Å²) in [5.41, 5.74) is 2.97. The fourth-order valence-corrected chi connectivity index (χ4v) is 1.72. The zero-order valence-electron chi connectivity index (χ0n) is 10.1. The van der Waals surface area contributed by atoms with E-state index in [-0.39, 0.29) is 6.61 Å². The average molecular weight is 244 g/mol. The lowest BCUT2D eigenvalue weighted by atomic mass is 9.99. The Morgan fingerprint density at radius 1 is 1.29 bits per heavy atom. The molecule has 0 fully saturated rings. The van der Waals surface area contributed by atoms with Gasteiger partial charge in [0.15, 0.2) is 0 Å². The van der Waals surface area contributed by atoms with Gasteiger partial charge in [-0.25, -0.2) is 8.78 Å². The summed E-state index contributed by atoms with van der Waals surface area (Å²) >= 11 is 0. The van der Waals surface area contributed by atoms with Crippen molar-refractivity contribution in [2.45, 2.75) is 32.8 Å². The number of hydrogen-bond donors (Lipinski definition) is 1. The number of aliphatic hydroxyl groups is 1. The van der Waals surface area contributed by atoms with Crippen molar-refractivity contribution >= 4 is 0 Å². The molecule has 0 heterocycles. The van der Waals surface area contributed by atoms with E-state index in [1.54, 1.807) is 0 Å². The molecule has 1 aromatic carbocycles.